The molecule has 1 aliphatic heterocycles. The Morgan fingerprint density at radius 2 is 1.90 bits per heavy atom. The van der Waals surface area contributed by atoms with Crippen molar-refractivity contribution in [2.75, 3.05) is 13.2 Å². The van der Waals surface area contributed by atoms with Crippen LogP contribution in [0.25, 0.3) is 0 Å². The van der Waals surface area contributed by atoms with E-state index in [0.717, 1.165) is 31.2 Å². The second kappa shape index (κ2) is 9.81. The number of fused-ring (bicyclic) bond motifs is 1. The molecule has 1 unspecified atom stereocenters. The number of aromatic nitrogens is 1. The molecular formula is C24H29N3O4. The van der Waals surface area contributed by atoms with E-state index in [1.807, 2.05) is 12.1 Å². The number of hydrogen-bond donors (Lipinski definition) is 1. The Labute approximate surface area is 182 Å². The van der Waals surface area contributed by atoms with Gasteiger partial charge >= 0.3 is 0 Å². The monoisotopic (exact) mass is 423 g/mol. The molecule has 1 aliphatic carbocycles. The van der Waals surface area contributed by atoms with Gasteiger partial charge in [0.25, 0.3) is 5.91 Å². The van der Waals surface area contributed by atoms with E-state index in [0.29, 0.717) is 36.8 Å². The first-order valence-corrected chi connectivity index (χ1v) is 11.0. The number of nitrogens with one attached hydrogen (secondary N) is 1. The average molecular weight is 424 g/mol. The smallest absolute Gasteiger partial charge is 0.254 e. The van der Waals surface area contributed by atoms with Crippen molar-refractivity contribution in [1.29, 1.82) is 0 Å². The van der Waals surface area contributed by atoms with Gasteiger partial charge in [-0.2, -0.15) is 0 Å². The van der Waals surface area contributed by atoms with Gasteiger partial charge in [0, 0.05) is 30.5 Å². The van der Waals surface area contributed by atoms with Crippen LogP contribution in [-0.2, 0) is 11.3 Å². The highest BCUT2D eigenvalue weighted by Crippen LogP contribution is 2.31. The Bertz CT molecular complexity index is 912. The van der Waals surface area contributed by atoms with E-state index >= 15 is 0 Å². The molecule has 2 heterocycles. The molecule has 0 radical (unpaired) electrons. The number of carbonyl (C=O) groups is 2. The van der Waals surface area contributed by atoms with Crippen molar-refractivity contribution in [2.45, 2.75) is 57.7 Å². The van der Waals surface area contributed by atoms with Crippen LogP contribution in [0, 0.1) is 0 Å². The summed E-state index contributed by atoms with van der Waals surface area (Å²) >= 11 is 0. The largest absolute Gasteiger partial charge is 0.486 e. The average Bonchev–Trinajstić information content (AvgIpc) is 2.82. The van der Waals surface area contributed by atoms with Crippen molar-refractivity contribution in [3.05, 3.63) is 53.9 Å². The summed E-state index contributed by atoms with van der Waals surface area (Å²) in [6.45, 7) is 3.01. The lowest BCUT2D eigenvalue weighted by atomic mass is 9.95. The van der Waals surface area contributed by atoms with E-state index in [2.05, 4.69) is 10.3 Å². The van der Waals surface area contributed by atoms with Crippen LogP contribution in [0.5, 0.6) is 11.5 Å². The van der Waals surface area contributed by atoms with Gasteiger partial charge < -0.3 is 19.7 Å². The number of pyridine rings is 1. The minimum absolute atomic E-state index is 0.123. The molecule has 2 aromatic rings. The fourth-order valence-corrected chi connectivity index (χ4v) is 4.13. The molecule has 4 rings (SSSR count). The van der Waals surface area contributed by atoms with Gasteiger partial charge in [-0.3, -0.25) is 14.6 Å². The summed E-state index contributed by atoms with van der Waals surface area (Å²) in [6.07, 6.45) is 8.89. The minimum atomic E-state index is -0.622. The molecule has 2 aliphatic rings. The zero-order valence-corrected chi connectivity index (χ0v) is 17.9. The molecule has 1 saturated carbocycles. The predicted molar refractivity (Wildman–Crippen MR) is 116 cm³/mol. The third-order valence-electron chi connectivity index (χ3n) is 5.92. The Morgan fingerprint density at radius 1 is 1.13 bits per heavy atom. The van der Waals surface area contributed by atoms with Gasteiger partial charge in [-0.05, 0) is 49.6 Å². The maximum atomic E-state index is 13.5. The lowest BCUT2D eigenvalue weighted by Crippen LogP contribution is -2.50. The van der Waals surface area contributed by atoms with Crippen LogP contribution < -0.4 is 14.8 Å². The second-order valence-corrected chi connectivity index (χ2v) is 8.17. The van der Waals surface area contributed by atoms with Crippen molar-refractivity contribution in [3.8, 4) is 11.5 Å². The number of hydrogen-bond acceptors (Lipinski definition) is 5. The number of nitrogens with zero attached hydrogens (tertiary/aromatic N) is 2. The van der Waals surface area contributed by atoms with E-state index in [-0.39, 0.29) is 17.9 Å². The third kappa shape index (κ3) is 5.16. The first-order valence-electron chi connectivity index (χ1n) is 11.0. The fraction of sp³-hybridized carbons (Fsp3) is 0.458. The summed E-state index contributed by atoms with van der Waals surface area (Å²) in [7, 11) is 0. The molecule has 31 heavy (non-hydrogen) atoms. The molecule has 1 fully saturated rings. The number of amides is 2. The predicted octanol–water partition coefficient (Wildman–Crippen LogP) is 3.33. The van der Waals surface area contributed by atoms with Gasteiger partial charge in [0.1, 0.15) is 19.3 Å². The summed E-state index contributed by atoms with van der Waals surface area (Å²) in [6, 6.07) is 8.46. The Balaban J connectivity index is 1.55. The molecule has 164 valence electrons. The van der Waals surface area contributed by atoms with Gasteiger partial charge in [-0.25, -0.2) is 0 Å². The standard InChI is InChI=1S/C24H29N3O4/c1-17(23(28)26-20-7-3-2-4-8-20)27(16-18-6-5-11-25-15-18)24(29)19-9-10-21-22(14-19)31-13-12-30-21/h5-6,9-11,14-15,17,20H,2-4,7-8,12-13,16H2,1H3,(H,26,28). The van der Waals surface area contributed by atoms with E-state index in [1.165, 1.54) is 6.42 Å². The van der Waals surface area contributed by atoms with Crippen LogP contribution in [0.3, 0.4) is 0 Å². The van der Waals surface area contributed by atoms with E-state index in [9.17, 15) is 9.59 Å². The lowest BCUT2D eigenvalue weighted by Gasteiger charge is -2.31. The number of carbonyl (C=O) groups excluding carboxylic acids is 2. The summed E-state index contributed by atoms with van der Waals surface area (Å²) in [5.41, 5.74) is 1.33. The van der Waals surface area contributed by atoms with Crippen LogP contribution in [0.4, 0.5) is 0 Å². The van der Waals surface area contributed by atoms with Crippen LogP contribution in [0.15, 0.2) is 42.7 Å². The Kier molecular flexibility index (Phi) is 6.70. The Hall–Kier alpha value is -3.09. The van der Waals surface area contributed by atoms with Crippen molar-refractivity contribution in [1.82, 2.24) is 15.2 Å². The van der Waals surface area contributed by atoms with E-state index in [4.69, 9.17) is 9.47 Å². The van der Waals surface area contributed by atoms with E-state index in [1.54, 1.807) is 42.4 Å². The molecule has 1 atom stereocenters. The van der Waals surface area contributed by atoms with Crippen molar-refractivity contribution in [3.63, 3.8) is 0 Å². The maximum Gasteiger partial charge on any atom is 0.254 e. The van der Waals surface area contributed by atoms with Crippen LogP contribution in [-0.4, -0.2) is 47.0 Å². The Morgan fingerprint density at radius 3 is 2.65 bits per heavy atom. The van der Waals surface area contributed by atoms with Crippen LogP contribution in [0.2, 0.25) is 0 Å². The van der Waals surface area contributed by atoms with Gasteiger partial charge in [0.15, 0.2) is 11.5 Å². The molecule has 0 bridgehead atoms. The summed E-state index contributed by atoms with van der Waals surface area (Å²) in [4.78, 5) is 32.3. The number of benzene rings is 1. The van der Waals surface area contributed by atoms with Crippen LogP contribution in [0.1, 0.15) is 54.9 Å². The molecule has 1 aromatic carbocycles. The van der Waals surface area contributed by atoms with Gasteiger partial charge in [-0.1, -0.05) is 25.3 Å². The minimum Gasteiger partial charge on any atom is -0.486 e. The SMILES string of the molecule is CC(C(=O)NC1CCCCC1)N(Cc1cccnc1)C(=O)c1ccc2c(c1)OCCO2. The zero-order chi connectivity index (χ0) is 21.6. The van der Waals surface area contributed by atoms with Gasteiger partial charge in [-0.15, -0.1) is 0 Å². The van der Waals surface area contributed by atoms with Crippen LogP contribution >= 0.6 is 0 Å². The van der Waals surface area contributed by atoms with Crippen molar-refractivity contribution in [2.24, 2.45) is 0 Å². The molecule has 7 nitrogen and oxygen atoms in total. The number of rotatable bonds is 6. The first kappa shape index (κ1) is 21.2. The second-order valence-electron chi connectivity index (χ2n) is 8.17. The molecule has 1 N–H and O–H groups in total. The van der Waals surface area contributed by atoms with Gasteiger partial charge in [0.05, 0.1) is 0 Å². The zero-order valence-electron chi connectivity index (χ0n) is 17.9. The highest BCUT2D eigenvalue weighted by molar-refractivity contribution is 5.98. The normalized spacial score (nSPS) is 16.9. The topological polar surface area (TPSA) is 80.8 Å². The van der Waals surface area contributed by atoms with E-state index < -0.39 is 6.04 Å². The summed E-state index contributed by atoms with van der Waals surface area (Å²) in [5, 5.41) is 3.15. The van der Waals surface area contributed by atoms with Crippen molar-refractivity contribution < 1.29 is 19.1 Å². The summed E-state index contributed by atoms with van der Waals surface area (Å²) in [5.74, 6) is 0.830. The molecular weight excluding hydrogens is 394 g/mol. The first-order chi connectivity index (χ1) is 15.1. The maximum absolute atomic E-state index is 13.5. The van der Waals surface area contributed by atoms with Gasteiger partial charge in [0.2, 0.25) is 5.91 Å². The number of ether oxygens (including phenoxy) is 2. The lowest BCUT2D eigenvalue weighted by molar-refractivity contribution is -0.126. The fourth-order valence-electron chi connectivity index (χ4n) is 4.13. The molecule has 7 heteroatoms. The van der Waals surface area contributed by atoms with Crippen molar-refractivity contribution >= 4 is 11.8 Å². The third-order valence-corrected chi connectivity index (χ3v) is 5.92. The highest BCUT2D eigenvalue weighted by atomic mass is 16.6. The molecule has 0 spiro atoms. The molecule has 2 amide bonds. The molecule has 1 aromatic heterocycles. The summed E-state index contributed by atoms with van der Waals surface area (Å²) < 4.78 is 11.2. The quantitative estimate of drug-likeness (QED) is 0.771. The molecule has 0 saturated heterocycles. The highest BCUT2D eigenvalue weighted by Gasteiger charge is 2.29.